The standard InChI is InChI=1S/C21H24N4O2/c1-15-6-4-7-16(2)20(15)27-13-12-22-21(26)24-18-8-5-9-19(14-18)25-17(3)10-11-23-25/h4-11,14H,12-13H2,1-3H3,(H2,22,24,26). The summed E-state index contributed by atoms with van der Waals surface area (Å²) in [5, 5.41) is 9.93. The molecule has 0 atom stereocenters. The molecule has 2 N–H and O–H groups in total. The third kappa shape index (κ3) is 4.67. The Labute approximate surface area is 159 Å². The Bertz CT molecular complexity index is 913. The van der Waals surface area contributed by atoms with Crippen LogP contribution in [0.2, 0.25) is 0 Å². The Hall–Kier alpha value is -3.28. The Morgan fingerprint density at radius 2 is 1.81 bits per heavy atom. The van der Waals surface area contributed by atoms with Crippen LogP contribution in [-0.2, 0) is 0 Å². The molecule has 2 amide bonds. The van der Waals surface area contributed by atoms with E-state index in [0.717, 1.165) is 28.3 Å². The maximum Gasteiger partial charge on any atom is 0.319 e. The molecule has 1 heterocycles. The summed E-state index contributed by atoms with van der Waals surface area (Å²) in [5.74, 6) is 0.877. The monoisotopic (exact) mass is 364 g/mol. The lowest BCUT2D eigenvalue weighted by Crippen LogP contribution is -2.32. The molecule has 0 fully saturated rings. The van der Waals surface area contributed by atoms with Crippen LogP contribution in [0.25, 0.3) is 5.69 Å². The fraction of sp³-hybridized carbons (Fsp3) is 0.238. The first kappa shape index (κ1) is 18.5. The van der Waals surface area contributed by atoms with Crippen LogP contribution in [0.15, 0.2) is 54.7 Å². The number of carbonyl (C=O) groups excluding carboxylic acids is 1. The number of amides is 2. The van der Waals surface area contributed by atoms with E-state index >= 15 is 0 Å². The van der Waals surface area contributed by atoms with Gasteiger partial charge in [-0.05, 0) is 56.2 Å². The largest absolute Gasteiger partial charge is 0.491 e. The first-order valence-electron chi connectivity index (χ1n) is 8.89. The van der Waals surface area contributed by atoms with Crippen molar-refractivity contribution in [1.29, 1.82) is 0 Å². The van der Waals surface area contributed by atoms with Gasteiger partial charge in [0.05, 0.1) is 12.2 Å². The number of hydrogen-bond acceptors (Lipinski definition) is 3. The van der Waals surface area contributed by atoms with Crippen molar-refractivity contribution in [3.8, 4) is 11.4 Å². The predicted octanol–water partition coefficient (Wildman–Crippen LogP) is 4.00. The number of hydrogen-bond donors (Lipinski definition) is 2. The number of aromatic nitrogens is 2. The zero-order valence-corrected chi connectivity index (χ0v) is 15.8. The molecule has 0 aliphatic heterocycles. The summed E-state index contributed by atoms with van der Waals surface area (Å²) in [7, 11) is 0. The number of nitrogens with zero attached hydrogens (tertiary/aromatic N) is 2. The van der Waals surface area contributed by atoms with Gasteiger partial charge in [0.2, 0.25) is 0 Å². The molecule has 0 saturated carbocycles. The Kier molecular flexibility index (Phi) is 5.76. The third-order valence-electron chi connectivity index (χ3n) is 4.22. The van der Waals surface area contributed by atoms with Gasteiger partial charge < -0.3 is 15.4 Å². The fourth-order valence-corrected chi connectivity index (χ4v) is 2.88. The Morgan fingerprint density at radius 1 is 1.07 bits per heavy atom. The van der Waals surface area contributed by atoms with E-state index in [2.05, 4.69) is 15.7 Å². The van der Waals surface area contributed by atoms with Crippen molar-refractivity contribution >= 4 is 11.7 Å². The molecule has 3 rings (SSSR count). The molecule has 0 saturated heterocycles. The lowest BCUT2D eigenvalue weighted by molar-refractivity contribution is 0.247. The molecule has 6 heteroatoms. The van der Waals surface area contributed by atoms with Gasteiger partial charge in [-0.2, -0.15) is 5.10 Å². The van der Waals surface area contributed by atoms with Crippen LogP contribution >= 0.6 is 0 Å². The fourth-order valence-electron chi connectivity index (χ4n) is 2.88. The number of nitrogens with one attached hydrogen (secondary N) is 2. The summed E-state index contributed by atoms with van der Waals surface area (Å²) >= 11 is 0. The lowest BCUT2D eigenvalue weighted by atomic mass is 10.1. The predicted molar refractivity (Wildman–Crippen MR) is 107 cm³/mol. The second-order valence-electron chi connectivity index (χ2n) is 6.39. The van der Waals surface area contributed by atoms with E-state index in [4.69, 9.17) is 4.74 Å². The van der Waals surface area contributed by atoms with E-state index in [-0.39, 0.29) is 6.03 Å². The summed E-state index contributed by atoms with van der Waals surface area (Å²) in [6, 6.07) is 15.2. The van der Waals surface area contributed by atoms with Crippen LogP contribution in [0.3, 0.4) is 0 Å². The van der Waals surface area contributed by atoms with E-state index in [1.165, 1.54) is 0 Å². The number of rotatable bonds is 6. The topological polar surface area (TPSA) is 68.2 Å². The second kappa shape index (κ2) is 8.40. The third-order valence-corrected chi connectivity index (χ3v) is 4.22. The number of anilines is 1. The molecule has 0 aliphatic rings. The highest BCUT2D eigenvalue weighted by molar-refractivity contribution is 5.89. The van der Waals surface area contributed by atoms with Crippen LogP contribution < -0.4 is 15.4 Å². The molecule has 27 heavy (non-hydrogen) atoms. The summed E-state index contributed by atoms with van der Waals surface area (Å²) < 4.78 is 7.62. The van der Waals surface area contributed by atoms with E-state index in [1.807, 2.05) is 74.0 Å². The summed E-state index contributed by atoms with van der Waals surface area (Å²) in [4.78, 5) is 12.1. The van der Waals surface area contributed by atoms with E-state index in [0.29, 0.717) is 18.8 Å². The lowest BCUT2D eigenvalue weighted by Gasteiger charge is -2.13. The zero-order valence-electron chi connectivity index (χ0n) is 15.8. The van der Waals surface area contributed by atoms with Crippen LogP contribution in [0.4, 0.5) is 10.5 Å². The SMILES string of the molecule is Cc1cccc(C)c1OCCNC(=O)Nc1cccc(-n2nccc2C)c1. The molecule has 0 radical (unpaired) electrons. The molecule has 0 bridgehead atoms. The van der Waals surface area contributed by atoms with Crippen molar-refractivity contribution in [2.75, 3.05) is 18.5 Å². The van der Waals surface area contributed by atoms with Gasteiger partial charge >= 0.3 is 6.03 Å². The molecule has 0 unspecified atom stereocenters. The molecule has 0 spiro atoms. The van der Waals surface area contributed by atoms with Crippen molar-refractivity contribution in [2.24, 2.45) is 0 Å². The van der Waals surface area contributed by atoms with E-state index < -0.39 is 0 Å². The second-order valence-corrected chi connectivity index (χ2v) is 6.39. The molecular formula is C21H24N4O2. The highest BCUT2D eigenvalue weighted by atomic mass is 16.5. The highest BCUT2D eigenvalue weighted by Gasteiger charge is 2.06. The Morgan fingerprint density at radius 3 is 2.52 bits per heavy atom. The van der Waals surface area contributed by atoms with Crippen LogP contribution in [-0.4, -0.2) is 29.0 Å². The molecular weight excluding hydrogens is 340 g/mol. The van der Waals surface area contributed by atoms with Gasteiger partial charge in [0.15, 0.2) is 0 Å². The summed E-state index contributed by atoms with van der Waals surface area (Å²) in [6.07, 6.45) is 1.75. The average Bonchev–Trinajstić information content (AvgIpc) is 3.07. The Balaban J connectivity index is 1.51. The van der Waals surface area contributed by atoms with Gasteiger partial charge in [0.25, 0.3) is 0 Å². The van der Waals surface area contributed by atoms with Gasteiger partial charge in [-0.1, -0.05) is 24.3 Å². The van der Waals surface area contributed by atoms with E-state index in [1.54, 1.807) is 6.20 Å². The number of benzene rings is 2. The van der Waals surface area contributed by atoms with Gasteiger partial charge in [0.1, 0.15) is 12.4 Å². The van der Waals surface area contributed by atoms with Crippen molar-refractivity contribution < 1.29 is 9.53 Å². The number of aryl methyl sites for hydroxylation is 3. The molecule has 1 aromatic heterocycles. The minimum Gasteiger partial charge on any atom is -0.491 e. The van der Waals surface area contributed by atoms with Crippen molar-refractivity contribution in [3.63, 3.8) is 0 Å². The highest BCUT2D eigenvalue weighted by Crippen LogP contribution is 2.22. The van der Waals surface area contributed by atoms with Crippen LogP contribution in [0.1, 0.15) is 16.8 Å². The smallest absolute Gasteiger partial charge is 0.319 e. The average molecular weight is 364 g/mol. The molecule has 3 aromatic rings. The number of ether oxygens (including phenoxy) is 1. The van der Waals surface area contributed by atoms with Gasteiger partial charge in [-0.3, -0.25) is 0 Å². The molecule has 140 valence electrons. The minimum atomic E-state index is -0.269. The van der Waals surface area contributed by atoms with Crippen LogP contribution in [0, 0.1) is 20.8 Å². The van der Waals surface area contributed by atoms with Crippen molar-refractivity contribution in [1.82, 2.24) is 15.1 Å². The quantitative estimate of drug-likeness (QED) is 0.650. The summed E-state index contributed by atoms with van der Waals surface area (Å²) in [6.45, 7) is 6.83. The first-order valence-corrected chi connectivity index (χ1v) is 8.89. The number of urea groups is 1. The maximum atomic E-state index is 12.1. The number of carbonyl (C=O) groups is 1. The van der Waals surface area contributed by atoms with Crippen LogP contribution in [0.5, 0.6) is 5.75 Å². The molecule has 2 aromatic carbocycles. The van der Waals surface area contributed by atoms with Gasteiger partial charge in [-0.15, -0.1) is 0 Å². The molecule has 0 aliphatic carbocycles. The zero-order chi connectivity index (χ0) is 19.2. The van der Waals surface area contributed by atoms with Crippen molar-refractivity contribution in [2.45, 2.75) is 20.8 Å². The first-order chi connectivity index (χ1) is 13.0. The van der Waals surface area contributed by atoms with Gasteiger partial charge in [-0.25, -0.2) is 9.48 Å². The maximum absolute atomic E-state index is 12.1. The van der Waals surface area contributed by atoms with Gasteiger partial charge in [0, 0.05) is 17.6 Å². The van der Waals surface area contributed by atoms with Crippen molar-refractivity contribution in [3.05, 3.63) is 71.5 Å². The molecule has 6 nitrogen and oxygen atoms in total. The van der Waals surface area contributed by atoms with E-state index in [9.17, 15) is 4.79 Å². The normalized spacial score (nSPS) is 10.5. The minimum absolute atomic E-state index is 0.269. The number of para-hydroxylation sites is 1. The summed E-state index contributed by atoms with van der Waals surface area (Å²) in [5.41, 5.74) is 4.81.